The van der Waals surface area contributed by atoms with Gasteiger partial charge in [-0.25, -0.2) is 4.98 Å². The molecule has 0 aliphatic rings. The lowest BCUT2D eigenvalue weighted by atomic mass is 10.1. The van der Waals surface area contributed by atoms with E-state index in [-0.39, 0.29) is 11.6 Å². The Bertz CT molecular complexity index is 2210. The van der Waals surface area contributed by atoms with Crippen molar-refractivity contribution in [3.05, 3.63) is 161 Å². The number of rotatable bonds is 14. The van der Waals surface area contributed by atoms with Gasteiger partial charge < -0.3 is 25.4 Å². The number of thiazole rings is 1. The number of thioether (sulfide) groups is 1. The molecule has 0 bridgehead atoms. The molecule has 9 nitrogen and oxygen atoms in total. The number of aromatic nitrogens is 1. The number of methoxy groups -OCH3 is 1. The maximum atomic E-state index is 13.9. The number of hydrogen-bond acceptors (Lipinski definition) is 8. The van der Waals surface area contributed by atoms with E-state index in [1.165, 1.54) is 23.1 Å². The molecule has 0 aliphatic carbocycles. The van der Waals surface area contributed by atoms with Crippen molar-refractivity contribution in [3.8, 4) is 22.8 Å². The molecule has 266 valence electrons. The van der Waals surface area contributed by atoms with Gasteiger partial charge >= 0.3 is 0 Å². The van der Waals surface area contributed by atoms with Gasteiger partial charge in [-0.15, -0.1) is 23.1 Å². The first-order valence-electron chi connectivity index (χ1n) is 16.7. The SMILES string of the molecule is CCOc1ccc(/C=C(/NC(=O)c2ccccc2)C(=O)Nc2cccc(SC(C(=O)Nc3nc(-c4ccccc4OC)cs3)c3ccccc3)c2)cc1. The summed E-state index contributed by atoms with van der Waals surface area (Å²) < 4.78 is 11.0. The number of para-hydroxylation sites is 1. The van der Waals surface area contributed by atoms with Gasteiger partial charge in [-0.05, 0) is 78.7 Å². The Labute approximate surface area is 316 Å². The molecule has 1 heterocycles. The maximum absolute atomic E-state index is 13.9. The molecule has 1 atom stereocenters. The van der Waals surface area contributed by atoms with Crippen molar-refractivity contribution in [2.45, 2.75) is 17.1 Å². The van der Waals surface area contributed by atoms with E-state index >= 15 is 0 Å². The molecule has 0 aliphatic heterocycles. The lowest BCUT2D eigenvalue weighted by Gasteiger charge is -2.17. The van der Waals surface area contributed by atoms with Gasteiger partial charge in [0.1, 0.15) is 22.4 Å². The highest BCUT2D eigenvalue weighted by Gasteiger charge is 2.24. The van der Waals surface area contributed by atoms with Crippen LogP contribution in [0.1, 0.15) is 33.7 Å². The van der Waals surface area contributed by atoms with Crippen LogP contribution in [-0.4, -0.2) is 36.4 Å². The van der Waals surface area contributed by atoms with Crippen molar-refractivity contribution in [1.82, 2.24) is 10.3 Å². The Kier molecular flexibility index (Phi) is 12.3. The molecular weight excluding hydrogens is 705 g/mol. The fraction of sp³-hybridized carbons (Fsp3) is 0.0952. The molecule has 6 aromatic rings. The predicted molar refractivity (Wildman–Crippen MR) is 212 cm³/mol. The van der Waals surface area contributed by atoms with Gasteiger partial charge in [0.05, 0.1) is 19.4 Å². The number of carbonyl (C=O) groups excluding carboxylic acids is 3. The summed E-state index contributed by atoms with van der Waals surface area (Å²) in [5.41, 5.74) is 3.98. The second-order valence-electron chi connectivity index (χ2n) is 11.5. The van der Waals surface area contributed by atoms with Crippen LogP contribution < -0.4 is 25.4 Å². The van der Waals surface area contributed by atoms with Gasteiger partial charge in [0, 0.05) is 27.1 Å². The molecule has 6 rings (SSSR count). The standard InChI is InChI=1S/C42H36N4O5S2/c1-3-51-32-23-21-28(22-24-32)25-35(44-39(47)30-15-8-5-9-16-30)40(48)43-31-17-12-18-33(26-31)53-38(29-13-6-4-7-14-29)41(49)46-42-45-36(27-52-42)34-19-10-11-20-37(34)50-2/h4-27,38H,3H2,1-2H3,(H,43,48)(H,44,47)(H,45,46,49)/b35-25+. The van der Waals surface area contributed by atoms with E-state index in [4.69, 9.17) is 9.47 Å². The van der Waals surface area contributed by atoms with Crippen LogP contribution >= 0.6 is 23.1 Å². The monoisotopic (exact) mass is 740 g/mol. The molecule has 0 radical (unpaired) electrons. The minimum absolute atomic E-state index is 0.0542. The van der Waals surface area contributed by atoms with Crippen LogP contribution in [0.2, 0.25) is 0 Å². The van der Waals surface area contributed by atoms with Gasteiger partial charge in [-0.1, -0.05) is 78.9 Å². The number of nitrogens with zero attached hydrogens (tertiary/aromatic N) is 1. The van der Waals surface area contributed by atoms with E-state index in [1.54, 1.807) is 67.8 Å². The van der Waals surface area contributed by atoms with Crippen LogP contribution in [0.5, 0.6) is 11.5 Å². The first kappa shape index (κ1) is 36.6. The van der Waals surface area contributed by atoms with Crippen LogP contribution in [0.25, 0.3) is 17.3 Å². The first-order valence-corrected chi connectivity index (χ1v) is 18.5. The third kappa shape index (κ3) is 9.79. The molecule has 3 N–H and O–H groups in total. The molecular formula is C42H36N4O5S2. The highest BCUT2D eigenvalue weighted by molar-refractivity contribution is 8.00. The Balaban J connectivity index is 1.21. The Morgan fingerprint density at radius 2 is 1.55 bits per heavy atom. The normalized spacial score (nSPS) is 11.6. The van der Waals surface area contributed by atoms with E-state index in [2.05, 4.69) is 20.9 Å². The van der Waals surface area contributed by atoms with Crippen molar-refractivity contribution in [2.75, 3.05) is 24.4 Å². The maximum Gasteiger partial charge on any atom is 0.272 e. The van der Waals surface area contributed by atoms with Gasteiger partial charge in [-0.2, -0.15) is 0 Å². The average molecular weight is 741 g/mol. The van der Waals surface area contributed by atoms with Crippen molar-refractivity contribution in [2.24, 2.45) is 0 Å². The van der Waals surface area contributed by atoms with Gasteiger partial charge in [0.15, 0.2) is 5.13 Å². The van der Waals surface area contributed by atoms with Crippen molar-refractivity contribution < 1.29 is 23.9 Å². The third-order valence-corrected chi connectivity index (χ3v) is 9.84. The van der Waals surface area contributed by atoms with Gasteiger partial charge in [0.25, 0.3) is 11.8 Å². The van der Waals surface area contributed by atoms with E-state index in [0.29, 0.717) is 45.7 Å². The second-order valence-corrected chi connectivity index (χ2v) is 13.5. The molecule has 0 saturated heterocycles. The van der Waals surface area contributed by atoms with E-state index < -0.39 is 17.1 Å². The summed E-state index contributed by atoms with van der Waals surface area (Å²) in [5.74, 6) is 0.204. The summed E-state index contributed by atoms with van der Waals surface area (Å²) >= 11 is 2.67. The van der Waals surface area contributed by atoms with Crippen LogP contribution in [-0.2, 0) is 9.59 Å². The van der Waals surface area contributed by atoms with Gasteiger partial charge in [-0.3, -0.25) is 14.4 Å². The third-order valence-electron chi connectivity index (χ3n) is 7.83. The van der Waals surface area contributed by atoms with E-state index in [0.717, 1.165) is 16.0 Å². The van der Waals surface area contributed by atoms with Crippen molar-refractivity contribution in [3.63, 3.8) is 0 Å². The number of nitrogens with one attached hydrogen (secondary N) is 3. The Morgan fingerprint density at radius 1 is 0.830 bits per heavy atom. The first-order chi connectivity index (χ1) is 25.9. The molecule has 0 saturated carbocycles. The van der Waals surface area contributed by atoms with Crippen LogP contribution in [0.3, 0.4) is 0 Å². The van der Waals surface area contributed by atoms with Crippen LogP contribution in [0, 0.1) is 0 Å². The summed E-state index contributed by atoms with van der Waals surface area (Å²) in [6.07, 6.45) is 1.61. The average Bonchev–Trinajstić information content (AvgIpc) is 3.66. The summed E-state index contributed by atoms with van der Waals surface area (Å²) in [5, 5.41) is 10.4. The largest absolute Gasteiger partial charge is 0.496 e. The summed E-state index contributed by atoms with van der Waals surface area (Å²) in [6, 6.07) is 40.2. The Morgan fingerprint density at radius 3 is 2.28 bits per heavy atom. The fourth-order valence-electron chi connectivity index (χ4n) is 5.30. The number of benzene rings is 5. The number of anilines is 2. The lowest BCUT2D eigenvalue weighted by molar-refractivity contribution is -0.116. The van der Waals surface area contributed by atoms with Crippen molar-refractivity contribution in [1.29, 1.82) is 0 Å². The topological polar surface area (TPSA) is 119 Å². The second kappa shape index (κ2) is 17.9. The Hall–Kier alpha value is -6.17. The number of ether oxygens (including phenoxy) is 2. The summed E-state index contributed by atoms with van der Waals surface area (Å²) in [4.78, 5) is 46.2. The molecule has 0 spiro atoms. The summed E-state index contributed by atoms with van der Waals surface area (Å²) in [6.45, 7) is 2.43. The van der Waals surface area contributed by atoms with E-state index in [1.807, 2.05) is 91.2 Å². The molecule has 1 unspecified atom stereocenters. The molecule has 3 amide bonds. The summed E-state index contributed by atoms with van der Waals surface area (Å²) in [7, 11) is 1.61. The molecule has 11 heteroatoms. The zero-order valence-corrected chi connectivity index (χ0v) is 30.6. The highest BCUT2D eigenvalue weighted by Crippen LogP contribution is 2.38. The fourth-order valence-corrected chi connectivity index (χ4v) is 7.10. The lowest BCUT2D eigenvalue weighted by Crippen LogP contribution is -2.30. The minimum Gasteiger partial charge on any atom is -0.496 e. The zero-order valence-electron chi connectivity index (χ0n) is 28.9. The number of hydrogen-bond donors (Lipinski definition) is 3. The molecule has 5 aromatic carbocycles. The molecule has 0 fully saturated rings. The predicted octanol–water partition coefficient (Wildman–Crippen LogP) is 9.10. The van der Waals surface area contributed by atoms with Crippen LogP contribution in [0.15, 0.2) is 149 Å². The number of amides is 3. The molecule has 1 aromatic heterocycles. The van der Waals surface area contributed by atoms with Crippen LogP contribution in [0.4, 0.5) is 10.8 Å². The quantitative estimate of drug-likeness (QED) is 0.0753. The minimum atomic E-state index is -0.638. The zero-order chi connectivity index (χ0) is 37.0. The van der Waals surface area contributed by atoms with Crippen molar-refractivity contribution >= 4 is 57.7 Å². The van der Waals surface area contributed by atoms with Gasteiger partial charge in [0.2, 0.25) is 5.91 Å². The number of carbonyl (C=O) groups is 3. The van der Waals surface area contributed by atoms with E-state index in [9.17, 15) is 14.4 Å². The highest BCUT2D eigenvalue weighted by atomic mass is 32.2. The molecule has 53 heavy (non-hydrogen) atoms. The smallest absolute Gasteiger partial charge is 0.272 e.